The SMILES string of the molecule is O=C(Nc1ccc(OC(F)(F)F)cc1)Nc1cc(-c2nc3ncccc3o2)ccn1. The van der Waals surface area contributed by atoms with Crippen LogP contribution in [0.15, 0.2) is 65.3 Å². The minimum atomic E-state index is -4.78. The molecular formula is C19H12F3N5O3. The molecule has 0 atom stereocenters. The van der Waals surface area contributed by atoms with Gasteiger partial charge in [0.05, 0.1) is 0 Å². The van der Waals surface area contributed by atoms with Crippen LogP contribution in [0.2, 0.25) is 0 Å². The highest BCUT2D eigenvalue weighted by molar-refractivity contribution is 5.99. The largest absolute Gasteiger partial charge is 0.573 e. The zero-order valence-corrected chi connectivity index (χ0v) is 15.0. The molecule has 3 heterocycles. The number of aromatic nitrogens is 3. The highest BCUT2D eigenvalue weighted by Crippen LogP contribution is 2.25. The first-order valence-electron chi connectivity index (χ1n) is 8.47. The lowest BCUT2D eigenvalue weighted by molar-refractivity contribution is -0.274. The number of hydrogen-bond acceptors (Lipinski definition) is 6. The number of benzene rings is 1. The number of urea groups is 1. The quantitative estimate of drug-likeness (QED) is 0.495. The molecule has 0 aliphatic carbocycles. The van der Waals surface area contributed by atoms with Crippen molar-refractivity contribution in [3.63, 3.8) is 0 Å². The van der Waals surface area contributed by atoms with Crippen LogP contribution in [0.3, 0.4) is 0 Å². The van der Waals surface area contributed by atoms with Crippen molar-refractivity contribution >= 4 is 28.8 Å². The third-order valence-electron chi connectivity index (χ3n) is 3.76. The Morgan fingerprint density at radius 3 is 2.53 bits per heavy atom. The zero-order valence-electron chi connectivity index (χ0n) is 15.0. The molecule has 0 unspecified atom stereocenters. The van der Waals surface area contributed by atoms with E-state index in [0.717, 1.165) is 12.1 Å². The monoisotopic (exact) mass is 415 g/mol. The maximum atomic E-state index is 12.2. The van der Waals surface area contributed by atoms with E-state index in [-0.39, 0.29) is 11.5 Å². The minimum absolute atomic E-state index is 0.220. The van der Waals surface area contributed by atoms with Crippen LogP contribution in [-0.2, 0) is 0 Å². The zero-order chi connectivity index (χ0) is 21.1. The number of anilines is 2. The van der Waals surface area contributed by atoms with Crippen molar-refractivity contribution in [2.24, 2.45) is 0 Å². The molecule has 0 fully saturated rings. The van der Waals surface area contributed by atoms with Gasteiger partial charge in [0, 0.05) is 23.6 Å². The highest BCUT2D eigenvalue weighted by Gasteiger charge is 2.30. The van der Waals surface area contributed by atoms with Gasteiger partial charge in [0.15, 0.2) is 11.2 Å². The number of hydrogen-bond donors (Lipinski definition) is 2. The van der Waals surface area contributed by atoms with Gasteiger partial charge in [0.2, 0.25) is 5.89 Å². The lowest BCUT2D eigenvalue weighted by atomic mass is 10.2. The average molecular weight is 415 g/mol. The summed E-state index contributed by atoms with van der Waals surface area (Å²) in [4.78, 5) is 24.6. The first kappa shape index (κ1) is 19.2. The maximum Gasteiger partial charge on any atom is 0.573 e. The predicted molar refractivity (Wildman–Crippen MR) is 101 cm³/mol. The standard InChI is InChI=1S/C19H12F3N5O3/c20-19(21,22)30-13-5-3-12(4-6-13)25-18(28)26-15-10-11(7-9-23-15)17-27-16-14(29-17)2-1-8-24-16/h1-10H,(H2,23,25,26,28). The molecule has 0 radical (unpaired) electrons. The van der Waals surface area contributed by atoms with Crippen LogP contribution in [-0.4, -0.2) is 27.3 Å². The summed E-state index contributed by atoms with van der Waals surface area (Å²) in [6, 6.07) is 10.8. The van der Waals surface area contributed by atoms with E-state index < -0.39 is 18.1 Å². The van der Waals surface area contributed by atoms with Crippen molar-refractivity contribution in [1.82, 2.24) is 15.0 Å². The number of nitrogens with zero attached hydrogens (tertiary/aromatic N) is 3. The number of carbonyl (C=O) groups is 1. The normalized spacial score (nSPS) is 11.3. The molecule has 4 rings (SSSR count). The van der Waals surface area contributed by atoms with Crippen molar-refractivity contribution in [2.45, 2.75) is 6.36 Å². The fourth-order valence-electron chi connectivity index (χ4n) is 2.54. The molecule has 30 heavy (non-hydrogen) atoms. The summed E-state index contributed by atoms with van der Waals surface area (Å²) in [5, 5.41) is 5.01. The Hall–Kier alpha value is -4.15. The summed E-state index contributed by atoms with van der Waals surface area (Å²) in [6.07, 6.45) is -1.72. The van der Waals surface area contributed by atoms with Gasteiger partial charge < -0.3 is 14.5 Å². The van der Waals surface area contributed by atoms with Gasteiger partial charge in [-0.2, -0.15) is 4.98 Å². The van der Waals surface area contributed by atoms with Gasteiger partial charge in [-0.25, -0.2) is 14.8 Å². The van der Waals surface area contributed by atoms with Gasteiger partial charge in [-0.05, 0) is 48.5 Å². The van der Waals surface area contributed by atoms with E-state index in [0.29, 0.717) is 22.7 Å². The van der Waals surface area contributed by atoms with E-state index >= 15 is 0 Å². The first-order chi connectivity index (χ1) is 14.4. The Morgan fingerprint density at radius 2 is 1.80 bits per heavy atom. The summed E-state index contributed by atoms with van der Waals surface area (Å²) < 4.78 is 46.0. The maximum absolute atomic E-state index is 12.2. The van der Waals surface area contributed by atoms with Gasteiger partial charge in [-0.15, -0.1) is 13.2 Å². The van der Waals surface area contributed by atoms with Gasteiger partial charge in [-0.3, -0.25) is 5.32 Å². The molecule has 2 amide bonds. The summed E-state index contributed by atoms with van der Waals surface area (Å²) >= 11 is 0. The minimum Gasteiger partial charge on any atom is -0.434 e. The van der Waals surface area contributed by atoms with E-state index in [9.17, 15) is 18.0 Å². The number of oxazole rings is 1. The molecule has 0 aliphatic rings. The highest BCUT2D eigenvalue weighted by atomic mass is 19.4. The first-order valence-corrected chi connectivity index (χ1v) is 8.47. The summed E-state index contributed by atoms with van der Waals surface area (Å²) in [5.41, 5.74) is 1.82. The van der Waals surface area contributed by atoms with E-state index in [1.807, 2.05) is 0 Å². The molecule has 0 spiro atoms. The molecule has 0 saturated carbocycles. The van der Waals surface area contributed by atoms with Crippen molar-refractivity contribution in [2.75, 3.05) is 10.6 Å². The number of pyridine rings is 2. The van der Waals surface area contributed by atoms with Crippen molar-refractivity contribution in [1.29, 1.82) is 0 Å². The Labute approximate surface area is 166 Å². The molecule has 2 N–H and O–H groups in total. The van der Waals surface area contributed by atoms with E-state index in [1.54, 1.807) is 30.5 Å². The van der Waals surface area contributed by atoms with Crippen LogP contribution in [0, 0.1) is 0 Å². The number of rotatable bonds is 4. The van der Waals surface area contributed by atoms with Crippen LogP contribution < -0.4 is 15.4 Å². The van der Waals surface area contributed by atoms with Crippen LogP contribution in [0.4, 0.5) is 29.5 Å². The molecule has 0 aliphatic heterocycles. The number of alkyl halides is 3. The molecule has 0 saturated heterocycles. The van der Waals surface area contributed by atoms with Crippen molar-refractivity contribution in [3.8, 4) is 17.2 Å². The van der Waals surface area contributed by atoms with Gasteiger partial charge in [-0.1, -0.05) is 0 Å². The average Bonchev–Trinajstić information content (AvgIpc) is 3.13. The Morgan fingerprint density at radius 1 is 1.00 bits per heavy atom. The Kier molecular flexibility index (Phi) is 4.92. The predicted octanol–water partition coefficient (Wildman–Crippen LogP) is 4.83. The van der Waals surface area contributed by atoms with Crippen LogP contribution in [0.25, 0.3) is 22.7 Å². The number of halogens is 3. The third kappa shape index (κ3) is 4.63. The summed E-state index contributed by atoms with van der Waals surface area (Å²) in [5.74, 6) is 0.141. The number of fused-ring (bicyclic) bond motifs is 1. The van der Waals surface area contributed by atoms with Crippen LogP contribution >= 0.6 is 0 Å². The second kappa shape index (κ2) is 7.70. The van der Waals surface area contributed by atoms with Crippen LogP contribution in [0.5, 0.6) is 5.75 Å². The third-order valence-corrected chi connectivity index (χ3v) is 3.76. The fraction of sp³-hybridized carbons (Fsp3) is 0.0526. The van der Waals surface area contributed by atoms with Gasteiger partial charge in [0.1, 0.15) is 11.6 Å². The van der Waals surface area contributed by atoms with E-state index in [2.05, 4.69) is 30.3 Å². The fourth-order valence-corrected chi connectivity index (χ4v) is 2.54. The summed E-state index contributed by atoms with van der Waals surface area (Å²) in [6.45, 7) is 0. The number of ether oxygens (including phenoxy) is 1. The molecule has 0 bridgehead atoms. The molecular weight excluding hydrogens is 403 g/mol. The van der Waals surface area contributed by atoms with Gasteiger partial charge >= 0.3 is 12.4 Å². The van der Waals surface area contributed by atoms with Crippen molar-refractivity contribution < 1.29 is 27.1 Å². The molecule has 1 aromatic carbocycles. The second-order valence-electron chi connectivity index (χ2n) is 5.93. The molecule has 4 aromatic rings. The lowest BCUT2D eigenvalue weighted by Gasteiger charge is -2.10. The smallest absolute Gasteiger partial charge is 0.434 e. The lowest BCUT2D eigenvalue weighted by Crippen LogP contribution is -2.20. The summed E-state index contributed by atoms with van der Waals surface area (Å²) in [7, 11) is 0. The topological polar surface area (TPSA) is 102 Å². The van der Waals surface area contributed by atoms with E-state index in [4.69, 9.17) is 4.42 Å². The Balaban J connectivity index is 1.43. The molecule has 152 valence electrons. The molecule has 8 nitrogen and oxygen atoms in total. The molecule has 3 aromatic heterocycles. The van der Waals surface area contributed by atoms with E-state index in [1.165, 1.54) is 18.3 Å². The van der Waals surface area contributed by atoms with Crippen LogP contribution in [0.1, 0.15) is 0 Å². The van der Waals surface area contributed by atoms with Crippen molar-refractivity contribution in [3.05, 3.63) is 60.9 Å². The second-order valence-corrected chi connectivity index (χ2v) is 5.93. The van der Waals surface area contributed by atoms with Gasteiger partial charge in [0.25, 0.3) is 0 Å². The number of carbonyl (C=O) groups excluding carboxylic acids is 1. The Bertz CT molecular complexity index is 1160. The number of nitrogens with one attached hydrogen (secondary N) is 2. The number of amides is 2. The molecule has 11 heteroatoms.